The van der Waals surface area contributed by atoms with Gasteiger partial charge >= 0.3 is 0 Å². The zero-order valence-electron chi connectivity index (χ0n) is 9.11. The van der Waals surface area contributed by atoms with Crippen LogP contribution in [-0.2, 0) is 9.59 Å². The molecular formula is C12H17NO2. The number of nitrogens with zero attached hydrogens (tertiary/aromatic N) is 1. The topological polar surface area (TPSA) is 37.4 Å². The van der Waals surface area contributed by atoms with Gasteiger partial charge in [-0.15, -0.1) is 0 Å². The van der Waals surface area contributed by atoms with E-state index in [0.29, 0.717) is 5.92 Å². The van der Waals surface area contributed by atoms with E-state index in [1.54, 1.807) is 0 Å². The van der Waals surface area contributed by atoms with E-state index in [-0.39, 0.29) is 17.9 Å². The van der Waals surface area contributed by atoms with Crippen molar-refractivity contribution in [1.29, 1.82) is 0 Å². The molecule has 3 heteroatoms. The molecular weight excluding hydrogens is 190 g/mol. The molecule has 2 amide bonds. The zero-order valence-corrected chi connectivity index (χ0v) is 9.11. The molecule has 0 aromatic carbocycles. The average Bonchev–Trinajstić information content (AvgIpc) is 2.59. The molecule has 0 N–H and O–H groups in total. The molecule has 0 saturated heterocycles. The second-order valence-electron chi connectivity index (χ2n) is 4.52. The van der Waals surface area contributed by atoms with E-state index in [1.165, 1.54) is 36.3 Å². The van der Waals surface area contributed by atoms with Gasteiger partial charge in [0.15, 0.2) is 0 Å². The van der Waals surface area contributed by atoms with Crippen molar-refractivity contribution in [2.45, 2.75) is 45.1 Å². The SMILES string of the molecule is CC(C1CCCCC1)N1C(=O)C=CC1=O. The lowest BCUT2D eigenvalue weighted by Crippen LogP contribution is -2.43. The smallest absolute Gasteiger partial charge is 0.253 e. The summed E-state index contributed by atoms with van der Waals surface area (Å²) in [5.41, 5.74) is 0. The Morgan fingerprint density at radius 3 is 2.20 bits per heavy atom. The molecule has 1 aliphatic heterocycles. The molecule has 3 nitrogen and oxygen atoms in total. The maximum Gasteiger partial charge on any atom is 0.253 e. The van der Waals surface area contributed by atoms with Crippen LogP contribution in [0.5, 0.6) is 0 Å². The van der Waals surface area contributed by atoms with Gasteiger partial charge in [-0.3, -0.25) is 14.5 Å². The van der Waals surface area contributed by atoms with Crippen molar-refractivity contribution in [2.24, 2.45) is 5.92 Å². The first-order valence-electron chi connectivity index (χ1n) is 5.75. The Morgan fingerprint density at radius 2 is 1.67 bits per heavy atom. The Kier molecular flexibility index (Phi) is 2.89. The monoisotopic (exact) mass is 207 g/mol. The molecule has 2 aliphatic rings. The molecule has 0 spiro atoms. The zero-order chi connectivity index (χ0) is 10.8. The third-order valence-corrected chi connectivity index (χ3v) is 3.58. The summed E-state index contributed by atoms with van der Waals surface area (Å²) in [6, 6.07) is 0.0697. The number of carbonyl (C=O) groups excluding carboxylic acids is 2. The summed E-state index contributed by atoms with van der Waals surface area (Å²) in [7, 11) is 0. The summed E-state index contributed by atoms with van der Waals surface area (Å²) >= 11 is 0. The van der Waals surface area contributed by atoms with Gasteiger partial charge in [0.25, 0.3) is 11.8 Å². The van der Waals surface area contributed by atoms with Crippen molar-refractivity contribution in [3.05, 3.63) is 12.2 Å². The van der Waals surface area contributed by atoms with E-state index in [9.17, 15) is 9.59 Å². The van der Waals surface area contributed by atoms with Gasteiger partial charge in [-0.2, -0.15) is 0 Å². The summed E-state index contributed by atoms with van der Waals surface area (Å²) in [5, 5.41) is 0. The Balaban J connectivity index is 2.03. The van der Waals surface area contributed by atoms with Crippen LogP contribution >= 0.6 is 0 Å². The van der Waals surface area contributed by atoms with Crippen LogP contribution in [0.3, 0.4) is 0 Å². The minimum atomic E-state index is -0.141. The molecule has 1 unspecified atom stereocenters. The third-order valence-electron chi connectivity index (χ3n) is 3.58. The Labute approximate surface area is 90.1 Å². The third kappa shape index (κ3) is 1.96. The van der Waals surface area contributed by atoms with Gasteiger partial charge in [0.2, 0.25) is 0 Å². The van der Waals surface area contributed by atoms with Gasteiger partial charge in [-0.25, -0.2) is 0 Å². The Morgan fingerprint density at radius 1 is 1.13 bits per heavy atom. The van der Waals surface area contributed by atoms with Crippen LogP contribution in [0.2, 0.25) is 0 Å². The van der Waals surface area contributed by atoms with Crippen LogP contribution in [0.4, 0.5) is 0 Å². The summed E-state index contributed by atoms with van der Waals surface area (Å²) in [5.74, 6) is 0.225. The highest BCUT2D eigenvalue weighted by molar-refractivity contribution is 6.13. The molecule has 2 rings (SSSR count). The van der Waals surface area contributed by atoms with E-state index in [0.717, 1.165) is 12.8 Å². The van der Waals surface area contributed by atoms with Crippen molar-refractivity contribution < 1.29 is 9.59 Å². The quantitative estimate of drug-likeness (QED) is 0.648. The number of rotatable bonds is 2. The van der Waals surface area contributed by atoms with Crippen molar-refractivity contribution >= 4 is 11.8 Å². The van der Waals surface area contributed by atoms with E-state index >= 15 is 0 Å². The summed E-state index contributed by atoms with van der Waals surface area (Å²) in [6.07, 6.45) is 8.82. The summed E-state index contributed by atoms with van der Waals surface area (Å²) < 4.78 is 0. The minimum absolute atomic E-state index is 0.0697. The van der Waals surface area contributed by atoms with E-state index in [2.05, 4.69) is 0 Å². The van der Waals surface area contributed by atoms with Crippen molar-refractivity contribution in [3.63, 3.8) is 0 Å². The number of hydrogen-bond donors (Lipinski definition) is 0. The lowest BCUT2D eigenvalue weighted by molar-refractivity contribution is -0.140. The van der Waals surface area contributed by atoms with Crippen LogP contribution in [0, 0.1) is 5.92 Å². The summed E-state index contributed by atoms with van der Waals surface area (Å²) in [6.45, 7) is 2.00. The fraction of sp³-hybridized carbons (Fsp3) is 0.667. The van der Waals surface area contributed by atoms with Crippen molar-refractivity contribution in [2.75, 3.05) is 0 Å². The van der Waals surface area contributed by atoms with E-state index < -0.39 is 0 Å². The highest BCUT2D eigenvalue weighted by Gasteiger charge is 2.33. The lowest BCUT2D eigenvalue weighted by atomic mass is 9.84. The van der Waals surface area contributed by atoms with Gasteiger partial charge in [-0.05, 0) is 25.7 Å². The molecule has 1 aliphatic carbocycles. The van der Waals surface area contributed by atoms with Gasteiger partial charge in [0.1, 0.15) is 0 Å². The highest BCUT2D eigenvalue weighted by Crippen LogP contribution is 2.29. The maximum absolute atomic E-state index is 11.5. The molecule has 82 valence electrons. The number of carbonyl (C=O) groups is 2. The standard InChI is InChI=1S/C12H17NO2/c1-9(10-5-3-2-4-6-10)13-11(14)7-8-12(13)15/h7-10H,2-6H2,1H3. The van der Waals surface area contributed by atoms with Gasteiger partial charge < -0.3 is 0 Å². The lowest BCUT2D eigenvalue weighted by Gasteiger charge is -2.32. The Hall–Kier alpha value is -1.12. The van der Waals surface area contributed by atoms with Gasteiger partial charge in [-0.1, -0.05) is 19.3 Å². The normalized spacial score (nSPS) is 25.0. The second kappa shape index (κ2) is 4.17. The maximum atomic E-state index is 11.5. The average molecular weight is 207 g/mol. The van der Waals surface area contributed by atoms with Crippen LogP contribution in [0.1, 0.15) is 39.0 Å². The molecule has 0 bridgehead atoms. The molecule has 1 heterocycles. The fourth-order valence-corrected chi connectivity index (χ4v) is 2.64. The predicted octanol–water partition coefficient (Wildman–Crippen LogP) is 1.88. The molecule has 15 heavy (non-hydrogen) atoms. The first-order chi connectivity index (χ1) is 7.20. The number of imide groups is 1. The van der Waals surface area contributed by atoms with Gasteiger partial charge in [0.05, 0.1) is 0 Å². The number of amides is 2. The van der Waals surface area contributed by atoms with Crippen molar-refractivity contribution in [3.8, 4) is 0 Å². The minimum Gasteiger partial charge on any atom is -0.272 e. The predicted molar refractivity (Wildman–Crippen MR) is 57.0 cm³/mol. The Bertz CT molecular complexity index is 285. The molecule has 0 aromatic rings. The molecule has 0 radical (unpaired) electrons. The second-order valence-corrected chi connectivity index (χ2v) is 4.52. The van der Waals surface area contributed by atoms with Gasteiger partial charge in [0, 0.05) is 18.2 Å². The molecule has 1 saturated carbocycles. The fourth-order valence-electron chi connectivity index (χ4n) is 2.64. The first kappa shape index (κ1) is 10.4. The van der Waals surface area contributed by atoms with E-state index in [1.807, 2.05) is 6.92 Å². The van der Waals surface area contributed by atoms with Crippen LogP contribution in [-0.4, -0.2) is 22.8 Å². The van der Waals surface area contributed by atoms with E-state index in [4.69, 9.17) is 0 Å². The largest absolute Gasteiger partial charge is 0.272 e. The molecule has 1 fully saturated rings. The highest BCUT2D eigenvalue weighted by atomic mass is 16.2. The number of hydrogen-bond acceptors (Lipinski definition) is 2. The van der Waals surface area contributed by atoms with Crippen LogP contribution in [0.15, 0.2) is 12.2 Å². The molecule has 1 atom stereocenters. The summed E-state index contributed by atoms with van der Waals surface area (Å²) in [4.78, 5) is 24.4. The van der Waals surface area contributed by atoms with Crippen molar-refractivity contribution in [1.82, 2.24) is 4.90 Å². The van der Waals surface area contributed by atoms with Crippen LogP contribution < -0.4 is 0 Å². The first-order valence-corrected chi connectivity index (χ1v) is 5.75. The molecule has 0 aromatic heterocycles. The van der Waals surface area contributed by atoms with Crippen LogP contribution in [0.25, 0.3) is 0 Å².